The van der Waals surface area contributed by atoms with Gasteiger partial charge in [0.05, 0.1) is 18.0 Å². The van der Waals surface area contributed by atoms with Crippen LogP contribution in [-0.4, -0.2) is 27.6 Å². The Balaban J connectivity index is 1.33. The Hall–Kier alpha value is -1.93. The van der Waals surface area contributed by atoms with Crippen molar-refractivity contribution in [3.8, 4) is 6.07 Å². The third-order valence-corrected chi connectivity index (χ3v) is 13.8. The lowest BCUT2D eigenvalue weighted by Crippen LogP contribution is -2.70. The number of nitriles is 1. The van der Waals surface area contributed by atoms with E-state index in [9.17, 15) is 5.26 Å². The Labute approximate surface area is 230 Å². The second kappa shape index (κ2) is 8.29. The zero-order valence-electron chi connectivity index (χ0n) is 24.7. The molecule has 5 aliphatic rings. The van der Waals surface area contributed by atoms with Crippen LogP contribution in [0.2, 0.25) is 0 Å². The van der Waals surface area contributed by atoms with Gasteiger partial charge < -0.3 is 10.6 Å². The molecule has 5 heteroatoms. The molecular formula is C33H49N5. The Bertz CT molecular complexity index is 1170. The lowest BCUT2D eigenvalue weighted by Gasteiger charge is -2.73. The Morgan fingerprint density at radius 3 is 2.32 bits per heavy atom. The number of fused-ring (bicyclic) bond motifs is 7. The molecule has 0 radical (unpaired) electrons. The van der Waals surface area contributed by atoms with Crippen LogP contribution in [-0.2, 0) is 0 Å². The molecule has 0 aromatic carbocycles. The van der Waals surface area contributed by atoms with E-state index in [-0.39, 0.29) is 11.1 Å². The van der Waals surface area contributed by atoms with Gasteiger partial charge in [0.2, 0.25) is 5.95 Å². The quantitative estimate of drug-likeness (QED) is 0.434. The van der Waals surface area contributed by atoms with E-state index < -0.39 is 0 Å². The first-order chi connectivity index (χ1) is 17.8. The fraction of sp³-hybridized carbons (Fsp3) is 0.788. The van der Waals surface area contributed by atoms with Gasteiger partial charge >= 0.3 is 0 Å². The molecule has 206 valence electrons. The number of rotatable bonds is 2. The van der Waals surface area contributed by atoms with Gasteiger partial charge in [-0.3, -0.25) is 0 Å². The molecule has 1 saturated heterocycles. The van der Waals surface area contributed by atoms with E-state index in [0.29, 0.717) is 45.5 Å². The summed E-state index contributed by atoms with van der Waals surface area (Å²) >= 11 is 0. The molecule has 2 N–H and O–H groups in total. The molecule has 4 saturated carbocycles. The maximum atomic E-state index is 9.22. The van der Waals surface area contributed by atoms with Gasteiger partial charge in [-0.25, -0.2) is 9.97 Å². The SMILES string of the molecule is C=C(C)[C@@H]1CC[C@]2(N)CC[C@]3(C)[C@H](CC[C@@H]4[C@@]5(C)CCN(c6ncc(C#N)cn6)C(C)(C)[C@@H]5CC[C@]43C)[C@@H]12. The van der Waals surface area contributed by atoms with E-state index in [1.807, 2.05) is 0 Å². The van der Waals surface area contributed by atoms with Crippen LogP contribution in [0.4, 0.5) is 5.95 Å². The number of nitrogens with zero attached hydrogens (tertiary/aromatic N) is 4. The van der Waals surface area contributed by atoms with Gasteiger partial charge in [0.15, 0.2) is 0 Å². The van der Waals surface area contributed by atoms with Gasteiger partial charge in [-0.1, -0.05) is 32.9 Å². The van der Waals surface area contributed by atoms with Crippen LogP contribution in [0.25, 0.3) is 0 Å². The van der Waals surface area contributed by atoms with Crippen LogP contribution in [0.3, 0.4) is 0 Å². The topological polar surface area (TPSA) is 78.8 Å². The molecule has 2 heterocycles. The van der Waals surface area contributed by atoms with Gasteiger partial charge in [-0.05, 0) is 124 Å². The first kappa shape index (κ1) is 26.3. The first-order valence-corrected chi connectivity index (χ1v) is 15.3. The molecule has 1 aliphatic heterocycles. The second-order valence-electron chi connectivity index (χ2n) is 15.4. The van der Waals surface area contributed by atoms with Crippen LogP contribution < -0.4 is 10.6 Å². The number of aromatic nitrogens is 2. The number of nitrogens with two attached hydrogens (primary N) is 1. The molecular weight excluding hydrogens is 466 g/mol. The number of hydrogen-bond donors (Lipinski definition) is 1. The van der Waals surface area contributed by atoms with Gasteiger partial charge in [-0.2, -0.15) is 5.26 Å². The number of hydrogen-bond acceptors (Lipinski definition) is 5. The number of allylic oxidation sites excluding steroid dienone is 1. The predicted molar refractivity (Wildman–Crippen MR) is 153 cm³/mol. The normalized spacial score (nSPS) is 47.2. The van der Waals surface area contributed by atoms with Crippen molar-refractivity contribution in [2.24, 2.45) is 51.6 Å². The number of piperidine rings is 1. The molecule has 0 spiro atoms. The van der Waals surface area contributed by atoms with Crippen molar-refractivity contribution in [1.82, 2.24) is 9.97 Å². The smallest absolute Gasteiger partial charge is 0.225 e. The molecule has 0 unspecified atom stereocenters. The Morgan fingerprint density at radius 1 is 0.947 bits per heavy atom. The monoisotopic (exact) mass is 515 g/mol. The molecule has 38 heavy (non-hydrogen) atoms. The molecule has 0 amide bonds. The lowest BCUT2D eigenvalue weighted by atomic mass is 9.33. The standard InChI is InChI=1S/C33H49N5/c1-21(2)23-10-13-33(35)15-14-31(6)24(27(23)33)8-9-26-30(5)16-17-38(28-36-19-22(18-34)20-37-28)29(3,4)25(30)11-12-32(26,31)7/h19-20,23-27H,1,8-17,35H2,2-7H3/t23-,24+,25-,26+,27+,30-,31+,32+,33-/m0/s1. The largest absolute Gasteiger partial charge is 0.335 e. The summed E-state index contributed by atoms with van der Waals surface area (Å²) in [6, 6.07) is 2.16. The van der Waals surface area contributed by atoms with E-state index in [1.165, 1.54) is 63.4 Å². The summed E-state index contributed by atoms with van der Waals surface area (Å²) in [5.74, 6) is 4.02. The molecule has 4 aliphatic carbocycles. The maximum absolute atomic E-state index is 9.22. The van der Waals surface area contributed by atoms with Crippen LogP contribution >= 0.6 is 0 Å². The highest BCUT2D eigenvalue weighted by atomic mass is 15.3. The van der Waals surface area contributed by atoms with Crippen molar-refractivity contribution < 1.29 is 0 Å². The van der Waals surface area contributed by atoms with Gasteiger partial charge in [0, 0.05) is 17.6 Å². The van der Waals surface area contributed by atoms with E-state index in [1.54, 1.807) is 12.4 Å². The maximum Gasteiger partial charge on any atom is 0.225 e. The fourth-order valence-corrected chi connectivity index (χ4v) is 11.8. The zero-order chi connectivity index (χ0) is 27.3. The van der Waals surface area contributed by atoms with Crippen molar-refractivity contribution in [2.45, 2.75) is 110 Å². The van der Waals surface area contributed by atoms with E-state index in [0.717, 1.165) is 18.4 Å². The Kier molecular flexibility index (Phi) is 5.74. The summed E-state index contributed by atoms with van der Waals surface area (Å²) in [6.07, 6.45) is 14.7. The van der Waals surface area contributed by atoms with Crippen LogP contribution in [0, 0.1) is 57.2 Å². The summed E-state index contributed by atoms with van der Waals surface area (Å²) < 4.78 is 0. The first-order valence-electron chi connectivity index (χ1n) is 15.3. The molecule has 9 atom stereocenters. The van der Waals surface area contributed by atoms with Crippen LogP contribution in [0.1, 0.15) is 105 Å². The summed E-state index contributed by atoms with van der Waals surface area (Å²) in [6.45, 7) is 20.6. The highest BCUT2D eigenvalue weighted by Crippen LogP contribution is 2.75. The molecule has 1 aromatic heterocycles. The van der Waals surface area contributed by atoms with Gasteiger partial charge in [0.25, 0.3) is 0 Å². The summed E-state index contributed by atoms with van der Waals surface area (Å²) in [5, 5.41) is 9.22. The third-order valence-electron chi connectivity index (χ3n) is 13.8. The van der Waals surface area contributed by atoms with Crippen molar-refractivity contribution in [1.29, 1.82) is 5.26 Å². The van der Waals surface area contributed by atoms with E-state index in [4.69, 9.17) is 5.73 Å². The highest BCUT2D eigenvalue weighted by molar-refractivity contribution is 5.39. The minimum Gasteiger partial charge on any atom is -0.335 e. The predicted octanol–water partition coefficient (Wildman–Crippen LogP) is 6.89. The molecule has 1 aromatic rings. The van der Waals surface area contributed by atoms with Crippen molar-refractivity contribution >= 4 is 5.95 Å². The average Bonchev–Trinajstić information content (AvgIpc) is 3.22. The third kappa shape index (κ3) is 3.25. The lowest BCUT2D eigenvalue weighted by molar-refractivity contribution is -0.220. The van der Waals surface area contributed by atoms with Gasteiger partial charge in [0.1, 0.15) is 6.07 Å². The van der Waals surface area contributed by atoms with Crippen molar-refractivity contribution in [2.75, 3.05) is 11.4 Å². The van der Waals surface area contributed by atoms with Crippen molar-refractivity contribution in [3.05, 3.63) is 30.1 Å². The molecule has 5 fully saturated rings. The summed E-state index contributed by atoms with van der Waals surface area (Å²) in [7, 11) is 0. The minimum atomic E-state index is -0.0320. The van der Waals surface area contributed by atoms with E-state index >= 15 is 0 Å². The van der Waals surface area contributed by atoms with E-state index in [2.05, 4.69) is 69.1 Å². The average molecular weight is 516 g/mol. The molecule has 6 rings (SSSR count). The van der Waals surface area contributed by atoms with Crippen LogP contribution in [0.5, 0.6) is 0 Å². The summed E-state index contributed by atoms with van der Waals surface area (Å²) in [5.41, 5.74) is 10.1. The summed E-state index contributed by atoms with van der Waals surface area (Å²) in [4.78, 5) is 11.7. The minimum absolute atomic E-state index is 0.0204. The molecule has 5 nitrogen and oxygen atoms in total. The highest BCUT2D eigenvalue weighted by Gasteiger charge is 2.70. The fourth-order valence-electron chi connectivity index (χ4n) is 11.8. The van der Waals surface area contributed by atoms with Crippen LogP contribution in [0.15, 0.2) is 24.5 Å². The van der Waals surface area contributed by atoms with Crippen molar-refractivity contribution in [3.63, 3.8) is 0 Å². The Morgan fingerprint density at radius 2 is 1.66 bits per heavy atom. The second-order valence-corrected chi connectivity index (χ2v) is 15.4. The number of anilines is 1. The zero-order valence-corrected chi connectivity index (χ0v) is 24.7. The van der Waals surface area contributed by atoms with Gasteiger partial charge in [-0.15, -0.1) is 0 Å². The molecule has 0 bridgehead atoms.